The van der Waals surface area contributed by atoms with E-state index in [0.29, 0.717) is 6.04 Å². The van der Waals surface area contributed by atoms with Gasteiger partial charge in [-0.15, -0.1) is 0 Å². The Hall–Kier alpha value is -0.900. The van der Waals surface area contributed by atoms with Crippen LogP contribution >= 0.6 is 0 Å². The van der Waals surface area contributed by atoms with E-state index in [4.69, 9.17) is 5.73 Å². The number of fused-ring (bicyclic) bond motifs is 1. The summed E-state index contributed by atoms with van der Waals surface area (Å²) in [4.78, 5) is 5.08. The van der Waals surface area contributed by atoms with Crippen LogP contribution in [-0.2, 0) is 12.0 Å². The number of nitrogens with zero attached hydrogens (tertiary/aromatic N) is 2. The maximum Gasteiger partial charge on any atom is 0.0570 e. The smallest absolute Gasteiger partial charge is 0.0570 e. The molecule has 1 heterocycles. The summed E-state index contributed by atoms with van der Waals surface area (Å²) in [5.41, 5.74) is 9.74. The van der Waals surface area contributed by atoms with Gasteiger partial charge in [-0.2, -0.15) is 0 Å². The van der Waals surface area contributed by atoms with E-state index in [1.54, 1.807) is 0 Å². The zero-order valence-corrected chi connectivity index (χ0v) is 13.5. The molecule has 2 N–H and O–H groups in total. The maximum atomic E-state index is 7.04. The van der Waals surface area contributed by atoms with Crippen LogP contribution in [0.5, 0.6) is 0 Å². The summed E-state index contributed by atoms with van der Waals surface area (Å²) in [6, 6.07) is 9.35. The van der Waals surface area contributed by atoms with Crippen LogP contribution in [0.15, 0.2) is 24.3 Å². The van der Waals surface area contributed by atoms with Gasteiger partial charge in [0.1, 0.15) is 0 Å². The molecule has 0 saturated carbocycles. The van der Waals surface area contributed by atoms with E-state index < -0.39 is 0 Å². The lowest BCUT2D eigenvalue weighted by Crippen LogP contribution is -2.61. The minimum Gasteiger partial charge on any atom is -0.320 e. The summed E-state index contributed by atoms with van der Waals surface area (Å²) >= 11 is 0. The summed E-state index contributed by atoms with van der Waals surface area (Å²) in [5.74, 6) is 0. The lowest BCUT2D eigenvalue weighted by Gasteiger charge is -2.50. The van der Waals surface area contributed by atoms with Gasteiger partial charge in [0.2, 0.25) is 0 Å². The molecule has 2 atom stereocenters. The van der Waals surface area contributed by atoms with Gasteiger partial charge >= 0.3 is 0 Å². The minimum absolute atomic E-state index is 0.167. The molecule has 116 valence electrons. The lowest BCUT2D eigenvalue weighted by molar-refractivity contribution is 0.0517. The highest BCUT2D eigenvalue weighted by Crippen LogP contribution is 2.39. The van der Waals surface area contributed by atoms with Crippen LogP contribution < -0.4 is 5.73 Å². The van der Waals surface area contributed by atoms with Gasteiger partial charge in [0, 0.05) is 32.2 Å². The first-order chi connectivity index (χ1) is 10.1. The minimum atomic E-state index is -0.167. The van der Waals surface area contributed by atoms with Gasteiger partial charge < -0.3 is 10.6 Å². The van der Waals surface area contributed by atoms with Crippen LogP contribution in [0.2, 0.25) is 0 Å². The van der Waals surface area contributed by atoms with Crippen molar-refractivity contribution in [2.75, 3.05) is 33.2 Å². The number of benzene rings is 1. The van der Waals surface area contributed by atoms with Crippen molar-refractivity contribution in [1.29, 1.82) is 0 Å². The molecule has 2 unspecified atom stereocenters. The van der Waals surface area contributed by atoms with E-state index in [9.17, 15) is 0 Å². The van der Waals surface area contributed by atoms with Crippen LogP contribution in [0.3, 0.4) is 0 Å². The van der Waals surface area contributed by atoms with E-state index >= 15 is 0 Å². The predicted octanol–water partition coefficient (Wildman–Crippen LogP) is 2.20. The summed E-state index contributed by atoms with van der Waals surface area (Å²) in [7, 11) is 2.22. The summed E-state index contributed by atoms with van der Waals surface area (Å²) in [6.45, 7) is 6.91. The Kier molecular flexibility index (Phi) is 4.34. The standard InChI is InChI=1S/C18H29N3/c1-3-10-18(19)16-7-5-4-6-15(16)8-9-17(18)21-13-11-20(2)12-14-21/h4-7,17H,3,8-14,19H2,1-2H3. The molecule has 3 nitrogen and oxygen atoms in total. The summed E-state index contributed by atoms with van der Waals surface area (Å²) in [6.07, 6.45) is 4.61. The Bertz CT molecular complexity index is 479. The fourth-order valence-electron chi connectivity index (χ4n) is 4.28. The number of piperazine rings is 1. The van der Waals surface area contributed by atoms with E-state index in [-0.39, 0.29) is 5.54 Å². The molecule has 2 aliphatic rings. The van der Waals surface area contributed by atoms with E-state index in [0.717, 1.165) is 25.9 Å². The van der Waals surface area contributed by atoms with Gasteiger partial charge in [-0.25, -0.2) is 0 Å². The Morgan fingerprint density at radius 2 is 1.90 bits per heavy atom. The molecule has 0 bridgehead atoms. The molecule has 1 aliphatic carbocycles. The van der Waals surface area contributed by atoms with E-state index in [1.807, 2.05) is 0 Å². The van der Waals surface area contributed by atoms with Crippen molar-refractivity contribution in [3.05, 3.63) is 35.4 Å². The van der Waals surface area contributed by atoms with Gasteiger partial charge in [0.05, 0.1) is 5.54 Å². The topological polar surface area (TPSA) is 32.5 Å². The van der Waals surface area contributed by atoms with Crippen molar-refractivity contribution in [2.45, 2.75) is 44.2 Å². The normalized spacial score (nSPS) is 31.1. The molecule has 1 aromatic rings. The molecule has 0 amide bonds. The Morgan fingerprint density at radius 3 is 2.62 bits per heavy atom. The first kappa shape index (κ1) is 15.0. The highest BCUT2D eigenvalue weighted by molar-refractivity contribution is 5.38. The SMILES string of the molecule is CCCC1(N)c2ccccc2CCC1N1CCN(C)CC1. The number of aryl methyl sites for hydroxylation is 1. The fourth-order valence-corrected chi connectivity index (χ4v) is 4.28. The van der Waals surface area contributed by atoms with Crippen LogP contribution in [-0.4, -0.2) is 49.1 Å². The molecule has 1 saturated heterocycles. The largest absolute Gasteiger partial charge is 0.320 e. The maximum absolute atomic E-state index is 7.04. The van der Waals surface area contributed by atoms with Gasteiger partial charge in [-0.3, -0.25) is 4.90 Å². The van der Waals surface area contributed by atoms with Gasteiger partial charge in [0.15, 0.2) is 0 Å². The third kappa shape index (κ3) is 2.75. The molecule has 1 fully saturated rings. The molecule has 21 heavy (non-hydrogen) atoms. The van der Waals surface area contributed by atoms with Crippen LogP contribution in [0.1, 0.15) is 37.3 Å². The van der Waals surface area contributed by atoms with Crippen LogP contribution in [0.4, 0.5) is 0 Å². The molecule has 1 aliphatic heterocycles. The van der Waals surface area contributed by atoms with Gasteiger partial charge in [0.25, 0.3) is 0 Å². The molecule has 3 heteroatoms. The number of nitrogens with two attached hydrogens (primary N) is 1. The second-order valence-corrected chi connectivity index (χ2v) is 6.84. The molecule has 3 rings (SSSR count). The average Bonchev–Trinajstić information content (AvgIpc) is 2.49. The number of likely N-dealkylation sites (N-methyl/N-ethyl adjacent to an activating group) is 1. The zero-order valence-electron chi connectivity index (χ0n) is 13.5. The fraction of sp³-hybridized carbons (Fsp3) is 0.667. The second kappa shape index (κ2) is 6.07. The predicted molar refractivity (Wildman–Crippen MR) is 88.4 cm³/mol. The molecule has 1 aromatic carbocycles. The summed E-state index contributed by atoms with van der Waals surface area (Å²) < 4.78 is 0. The van der Waals surface area contributed by atoms with Crippen molar-refractivity contribution < 1.29 is 0 Å². The first-order valence-electron chi connectivity index (χ1n) is 8.45. The van der Waals surface area contributed by atoms with Gasteiger partial charge in [-0.1, -0.05) is 37.6 Å². The zero-order chi connectivity index (χ0) is 14.9. The third-order valence-electron chi connectivity index (χ3n) is 5.44. The van der Waals surface area contributed by atoms with Crippen LogP contribution in [0, 0.1) is 0 Å². The molecule has 0 radical (unpaired) electrons. The highest BCUT2D eigenvalue weighted by atomic mass is 15.3. The monoisotopic (exact) mass is 287 g/mol. The van der Waals surface area contributed by atoms with Gasteiger partial charge in [-0.05, 0) is 37.4 Å². The van der Waals surface area contributed by atoms with E-state index in [1.165, 1.54) is 37.1 Å². The number of hydrogen-bond donors (Lipinski definition) is 1. The lowest BCUT2D eigenvalue weighted by atomic mass is 9.70. The molecular weight excluding hydrogens is 258 g/mol. The average molecular weight is 287 g/mol. The number of rotatable bonds is 3. The van der Waals surface area contributed by atoms with Crippen LogP contribution in [0.25, 0.3) is 0 Å². The Balaban J connectivity index is 1.90. The first-order valence-corrected chi connectivity index (χ1v) is 8.45. The molecular formula is C18H29N3. The Morgan fingerprint density at radius 1 is 1.19 bits per heavy atom. The number of hydrogen-bond acceptors (Lipinski definition) is 3. The van der Waals surface area contributed by atoms with Crippen molar-refractivity contribution >= 4 is 0 Å². The van der Waals surface area contributed by atoms with E-state index in [2.05, 4.69) is 48.0 Å². The quantitative estimate of drug-likeness (QED) is 0.925. The van der Waals surface area contributed by atoms with Crippen molar-refractivity contribution in [2.24, 2.45) is 5.73 Å². The van der Waals surface area contributed by atoms with Crippen molar-refractivity contribution in [1.82, 2.24) is 9.80 Å². The second-order valence-electron chi connectivity index (χ2n) is 6.84. The Labute approximate surface area is 129 Å². The highest BCUT2D eigenvalue weighted by Gasteiger charge is 2.43. The van der Waals surface area contributed by atoms with Crippen molar-refractivity contribution in [3.8, 4) is 0 Å². The van der Waals surface area contributed by atoms with Crippen molar-refractivity contribution in [3.63, 3.8) is 0 Å². The third-order valence-corrected chi connectivity index (χ3v) is 5.44. The summed E-state index contributed by atoms with van der Waals surface area (Å²) in [5, 5.41) is 0. The molecule has 0 spiro atoms. The molecule has 0 aromatic heterocycles.